The zero-order chi connectivity index (χ0) is 16.8. The van der Waals surface area contributed by atoms with Crippen molar-refractivity contribution in [2.24, 2.45) is 5.41 Å². The molecule has 0 heterocycles. The Morgan fingerprint density at radius 3 is 2.27 bits per heavy atom. The van der Waals surface area contributed by atoms with Crippen molar-refractivity contribution in [3.05, 3.63) is 29.8 Å². The fourth-order valence-corrected chi connectivity index (χ4v) is 1.95. The van der Waals surface area contributed by atoms with Crippen molar-refractivity contribution in [3.63, 3.8) is 0 Å². The number of esters is 1. The second-order valence-corrected chi connectivity index (χ2v) is 6.45. The van der Waals surface area contributed by atoms with Gasteiger partial charge in [0.15, 0.2) is 5.11 Å². The number of nitrogens with one attached hydrogen (secondary N) is 2. The summed E-state index contributed by atoms with van der Waals surface area (Å²) < 4.78 is 4.91. The minimum absolute atomic E-state index is 0.0962. The summed E-state index contributed by atoms with van der Waals surface area (Å²) in [6.45, 7) is 8.04. The summed E-state index contributed by atoms with van der Waals surface area (Å²) in [5.41, 5.74) is 1.06. The molecular weight excluding hydrogens is 300 g/mol. The topological polar surface area (TPSA) is 67.4 Å². The van der Waals surface area contributed by atoms with Gasteiger partial charge in [0.25, 0.3) is 0 Å². The van der Waals surface area contributed by atoms with Gasteiger partial charge in [0, 0.05) is 12.1 Å². The third-order valence-corrected chi connectivity index (χ3v) is 2.80. The van der Waals surface area contributed by atoms with Crippen molar-refractivity contribution in [1.82, 2.24) is 5.32 Å². The summed E-state index contributed by atoms with van der Waals surface area (Å²) in [7, 11) is 0. The molecule has 0 aliphatic carbocycles. The Labute approximate surface area is 136 Å². The number of ether oxygens (including phenoxy) is 1. The van der Waals surface area contributed by atoms with Crippen LogP contribution in [-0.2, 0) is 9.53 Å². The van der Waals surface area contributed by atoms with Crippen LogP contribution < -0.4 is 10.6 Å². The molecule has 2 N–H and O–H groups in total. The summed E-state index contributed by atoms with van der Waals surface area (Å²) in [5.74, 6) is -0.497. The zero-order valence-electron chi connectivity index (χ0n) is 13.4. The molecule has 0 fully saturated rings. The van der Waals surface area contributed by atoms with Crippen LogP contribution >= 0.6 is 12.2 Å². The first kappa shape index (κ1) is 18.1. The third kappa shape index (κ3) is 6.67. The molecule has 0 aromatic heterocycles. The maximum atomic E-state index is 11.8. The summed E-state index contributed by atoms with van der Waals surface area (Å²) >= 11 is 5.09. The summed E-state index contributed by atoms with van der Waals surface area (Å²) in [5, 5.41) is 5.77. The first-order valence-electron chi connectivity index (χ1n) is 7.09. The van der Waals surface area contributed by atoms with E-state index in [0.29, 0.717) is 24.3 Å². The van der Waals surface area contributed by atoms with Gasteiger partial charge in [-0.05, 0) is 48.8 Å². The molecule has 0 radical (unpaired) electrons. The lowest BCUT2D eigenvalue weighted by atomic mass is 9.92. The van der Waals surface area contributed by atoms with Gasteiger partial charge in [-0.25, -0.2) is 4.79 Å². The van der Waals surface area contributed by atoms with E-state index >= 15 is 0 Å². The molecule has 0 saturated carbocycles. The Hall–Kier alpha value is -1.95. The Kier molecular flexibility index (Phi) is 6.49. The van der Waals surface area contributed by atoms with Crippen molar-refractivity contribution in [2.75, 3.05) is 11.9 Å². The molecule has 1 aromatic carbocycles. The molecule has 0 atom stereocenters. The van der Waals surface area contributed by atoms with E-state index in [9.17, 15) is 9.59 Å². The minimum atomic E-state index is -0.366. The molecule has 1 amide bonds. The second-order valence-electron chi connectivity index (χ2n) is 6.04. The fraction of sp³-hybridized carbons (Fsp3) is 0.438. The molecule has 1 rings (SSSR count). The lowest BCUT2D eigenvalue weighted by Crippen LogP contribution is -2.36. The predicted octanol–water partition coefficient (Wildman–Crippen LogP) is 3.11. The van der Waals surface area contributed by atoms with Gasteiger partial charge in [-0.15, -0.1) is 0 Å². The summed E-state index contributed by atoms with van der Waals surface area (Å²) in [6, 6.07) is 6.68. The molecule has 0 aliphatic heterocycles. The fourth-order valence-electron chi connectivity index (χ4n) is 1.72. The zero-order valence-corrected chi connectivity index (χ0v) is 14.2. The quantitative estimate of drug-likeness (QED) is 0.658. The molecule has 1 aromatic rings. The molecule has 0 unspecified atom stereocenters. The number of thiocarbonyl (C=S) groups is 1. The maximum absolute atomic E-state index is 11.8. The molecular formula is C16H22N2O3S. The smallest absolute Gasteiger partial charge is 0.338 e. The van der Waals surface area contributed by atoms with E-state index in [1.807, 2.05) is 20.8 Å². The van der Waals surface area contributed by atoms with Crippen LogP contribution in [0.3, 0.4) is 0 Å². The van der Waals surface area contributed by atoms with E-state index in [1.54, 1.807) is 31.2 Å². The van der Waals surface area contributed by atoms with Gasteiger partial charge >= 0.3 is 5.97 Å². The van der Waals surface area contributed by atoms with E-state index in [2.05, 4.69) is 10.6 Å². The molecule has 0 bridgehead atoms. The molecule has 120 valence electrons. The normalized spacial score (nSPS) is 10.7. The van der Waals surface area contributed by atoms with Crippen LogP contribution in [0.5, 0.6) is 0 Å². The Balaban J connectivity index is 2.55. The largest absolute Gasteiger partial charge is 0.462 e. The highest BCUT2D eigenvalue weighted by Gasteiger charge is 2.16. The molecule has 22 heavy (non-hydrogen) atoms. The van der Waals surface area contributed by atoms with Crippen LogP contribution in [-0.4, -0.2) is 23.6 Å². The number of amides is 1. The van der Waals surface area contributed by atoms with Gasteiger partial charge in [-0.3, -0.25) is 4.79 Å². The van der Waals surface area contributed by atoms with Crippen LogP contribution in [0.2, 0.25) is 0 Å². The first-order valence-corrected chi connectivity index (χ1v) is 7.50. The summed E-state index contributed by atoms with van der Waals surface area (Å²) in [6.07, 6.45) is 0.386. The van der Waals surface area contributed by atoms with E-state index < -0.39 is 0 Å². The highest BCUT2D eigenvalue weighted by Crippen LogP contribution is 2.18. The molecule has 0 aliphatic rings. The van der Waals surface area contributed by atoms with Crippen LogP contribution in [0.15, 0.2) is 24.3 Å². The van der Waals surface area contributed by atoms with Crippen molar-refractivity contribution in [3.8, 4) is 0 Å². The van der Waals surface area contributed by atoms with E-state index in [-0.39, 0.29) is 22.4 Å². The number of rotatable bonds is 4. The van der Waals surface area contributed by atoms with Crippen LogP contribution in [0.25, 0.3) is 0 Å². The SMILES string of the molecule is CCOC(=O)c1ccc(NC(=S)NC(=O)CC(C)(C)C)cc1. The molecule has 5 nitrogen and oxygen atoms in total. The first-order chi connectivity index (χ1) is 10.2. The standard InChI is InChI=1S/C16H22N2O3S/c1-5-21-14(20)11-6-8-12(9-7-11)17-15(22)18-13(19)10-16(2,3)4/h6-9H,5,10H2,1-4H3,(H2,17,18,19,22). The highest BCUT2D eigenvalue weighted by atomic mass is 32.1. The number of benzene rings is 1. The van der Waals surface area contributed by atoms with Gasteiger partial charge in [0.2, 0.25) is 5.91 Å². The molecule has 0 spiro atoms. The van der Waals surface area contributed by atoms with Crippen LogP contribution in [0, 0.1) is 5.41 Å². The van der Waals surface area contributed by atoms with E-state index in [4.69, 9.17) is 17.0 Å². The van der Waals surface area contributed by atoms with Crippen molar-refractivity contribution < 1.29 is 14.3 Å². The lowest BCUT2D eigenvalue weighted by molar-refractivity contribution is -0.121. The Morgan fingerprint density at radius 2 is 1.77 bits per heavy atom. The molecule has 6 heteroatoms. The van der Waals surface area contributed by atoms with Gasteiger partial charge in [-0.1, -0.05) is 20.8 Å². The number of hydrogen-bond donors (Lipinski definition) is 2. The number of hydrogen-bond acceptors (Lipinski definition) is 4. The Bertz CT molecular complexity index is 548. The lowest BCUT2D eigenvalue weighted by Gasteiger charge is -2.17. The van der Waals surface area contributed by atoms with Gasteiger partial charge in [0.1, 0.15) is 0 Å². The van der Waals surface area contributed by atoms with E-state index in [0.717, 1.165) is 0 Å². The van der Waals surface area contributed by atoms with Crippen molar-refractivity contribution >= 4 is 34.9 Å². The average Bonchev–Trinajstić information content (AvgIpc) is 2.37. The number of carbonyl (C=O) groups excluding carboxylic acids is 2. The second kappa shape index (κ2) is 7.89. The van der Waals surface area contributed by atoms with Crippen LogP contribution in [0.1, 0.15) is 44.5 Å². The van der Waals surface area contributed by atoms with Gasteiger partial charge < -0.3 is 15.4 Å². The molecule has 0 saturated heterocycles. The minimum Gasteiger partial charge on any atom is -0.462 e. The monoisotopic (exact) mass is 322 g/mol. The predicted molar refractivity (Wildman–Crippen MR) is 90.8 cm³/mol. The average molecular weight is 322 g/mol. The third-order valence-electron chi connectivity index (χ3n) is 2.60. The van der Waals surface area contributed by atoms with Crippen molar-refractivity contribution in [1.29, 1.82) is 0 Å². The van der Waals surface area contributed by atoms with E-state index in [1.165, 1.54) is 0 Å². The van der Waals surface area contributed by atoms with Crippen molar-refractivity contribution in [2.45, 2.75) is 34.1 Å². The number of carbonyl (C=O) groups is 2. The number of anilines is 1. The maximum Gasteiger partial charge on any atom is 0.338 e. The summed E-state index contributed by atoms with van der Waals surface area (Å²) in [4.78, 5) is 23.3. The Morgan fingerprint density at radius 1 is 1.18 bits per heavy atom. The highest BCUT2D eigenvalue weighted by molar-refractivity contribution is 7.80. The van der Waals surface area contributed by atoms with Gasteiger partial charge in [0.05, 0.1) is 12.2 Å². The van der Waals surface area contributed by atoms with Gasteiger partial charge in [-0.2, -0.15) is 0 Å². The van der Waals surface area contributed by atoms with Crippen LogP contribution in [0.4, 0.5) is 5.69 Å².